The molecule has 1 saturated carbocycles. The number of nitrogens with zero attached hydrogens (tertiary/aromatic N) is 3. The first-order valence-corrected chi connectivity index (χ1v) is 10.8. The summed E-state index contributed by atoms with van der Waals surface area (Å²) in [5, 5.41) is 16.9. The topological polar surface area (TPSA) is 98.3 Å². The highest BCUT2D eigenvalue weighted by Crippen LogP contribution is 2.23. The van der Waals surface area contributed by atoms with Crippen LogP contribution in [0, 0.1) is 0 Å². The Morgan fingerprint density at radius 1 is 1.21 bits per heavy atom. The highest BCUT2D eigenvalue weighted by atomic mass is 79.9. The Morgan fingerprint density at radius 3 is 2.72 bits per heavy atom. The van der Waals surface area contributed by atoms with Gasteiger partial charge in [-0.15, -0.1) is 0 Å². The normalized spacial score (nSPS) is 17.5. The summed E-state index contributed by atoms with van der Waals surface area (Å²) in [7, 11) is 0. The summed E-state index contributed by atoms with van der Waals surface area (Å²) in [6, 6.07) is 8.80. The van der Waals surface area contributed by atoms with Crippen LogP contribution in [0.5, 0.6) is 0 Å². The predicted octanol–water partition coefficient (Wildman–Crippen LogP) is 3.23. The van der Waals surface area contributed by atoms with E-state index in [2.05, 4.69) is 57.5 Å². The molecule has 8 nitrogen and oxygen atoms in total. The van der Waals surface area contributed by atoms with E-state index in [1.165, 1.54) is 12.8 Å². The highest BCUT2D eigenvalue weighted by Gasteiger charge is 2.21. The van der Waals surface area contributed by atoms with Crippen LogP contribution in [0.3, 0.4) is 0 Å². The van der Waals surface area contributed by atoms with Gasteiger partial charge in [0, 0.05) is 36.2 Å². The maximum Gasteiger partial charge on any atom is 0.229 e. The number of rotatable bonds is 8. The second kappa shape index (κ2) is 9.36. The molecule has 1 aromatic heterocycles. The molecule has 29 heavy (non-hydrogen) atoms. The van der Waals surface area contributed by atoms with E-state index in [0.29, 0.717) is 23.1 Å². The lowest BCUT2D eigenvalue weighted by Crippen LogP contribution is -2.30. The van der Waals surface area contributed by atoms with Gasteiger partial charge in [-0.05, 0) is 71.7 Å². The van der Waals surface area contributed by atoms with Crippen molar-refractivity contribution < 1.29 is 0 Å². The molecule has 1 aliphatic heterocycles. The predicted molar refractivity (Wildman–Crippen MR) is 125 cm³/mol. The zero-order valence-corrected chi connectivity index (χ0v) is 18.2. The van der Waals surface area contributed by atoms with Crippen molar-refractivity contribution in [2.45, 2.75) is 31.3 Å². The number of thiocarbonyl (C=S) groups is 1. The third-order valence-electron chi connectivity index (χ3n) is 4.57. The van der Waals surface area contributed by atoms with Crippen molar-refractivity contribution in [1.29, 1.82) is 0 Å². The fraction of sp³-hybridized carbons (Fsp3) is 0.368. The maximum absolute atomic E-state index is 5.31. The van der Waals surface area contributed by atoms with E-state index in [0.717, 1.165) is 41.2 Å². The standard InChI is InChI=1S/C19H23BrN8S/c20-16-10-23-18(28-17(16)22-8-7-15-9-21-11-24-15)25-12-1-3-13(4-2-12)26-19(29)27-14-5-6-14/h1-4,10-11,14-15H,5-9H2,(H,21,24)(H2,26,27,29)(H2,22,23,25,28). The molecule has 1 atom stereocenters. The largest absolute Gasteiger partial charge is 0.372 e. The lowest BCUT2D eigenvalue weighted by molar-refractivity contribution is 0.621. The first-order chi connectivity index (χ1) is 14.2. The van der Waals surface area contributed by atoms with Crippen LogP contribution in [0.4, 0.5) is 23.1 Å². The molecule has 1 fully saturated rings. The second-order valence-corrected chi connectivity index (χ2v) is 8.30. The van der Waals surface area contributed by atoms with Gasteiger partial charge in [0.2, 0.25) is 5.95 Å². The van der Waals surface area contributed by atoms with Crippen LogP contribution >= 0.6 is 28.1 Å². The number of aromatic nitrogens is 2. The van der Waals surface area contributed by atoms with Crippen LogP contribution in [-0.4, -0.2) is 46.6 Å². The van der Waals surface area contributed by atoms with E-state index in [-0.39, 0.29) is 0 Å². The SMILES string of the molecule is S=C(Nc1ccc(Nc2ncc(Br)c(NCCC3CN=CN3)n2)cc1)NC1CC1. The van der Waals surface area contributed by atoms with Crippen LogP contribution in [0.2, 0.25) is 0 Å². The Hall–Kier alpha value is -2.46. The molecular formula is C19H23BrN8S. The third-order valence-corrected chi connectivity index (χ3v) is 5.37. The van der Waals surface area contributed by atoms with Crippen LogP contribution in [0.1, 0.15) is 19.3 Å². The Bertz CT molecular complexity index is 876. The minimum atomic E-state index is 0.389. The zero-order chi connectivity index (χ0) is 20.1. The maximum atomic E-state index is 5.31. The fourth-order valence-corrected chi connectivity index (χ4v) is 3.44. The number of anilines is 4. The summed E-state index contributed by atoms with van der Waals surface area (Å²) >= 11 is 8.81. The van der Waals surface area contributed by atoms with Crippen molar-refractivity contribution in [1.82, 2.24) is 20.6 Å². The molecule has 0 saturated heterocycles. The van der Waals surface area contributed by atoms with Crippen molar-refractivity contribution in [2.24, 2.45) is 4.99 Å². The first kappa shape index (κ1) is 19.8. The molecule has 5 N–H and O–H groups in total. The molecule has 1 unspecified atom stereocenters. The highest BCUT2D eigenvalue weighted by molar-refractivity contribution is 9.10. The molecule has 1 aromatic carbocycles. The smallest absolute Gasteiger partial charge is 0.229 e. The number of hydrogen-bond donors (Lipinski definition) is 5. The monoisotopic (exact) mass is 474 g/mol. The van der Waals surface area contributed by atoms with Crippen molar-refractivity contribution in [3.05, 3.63) is 34.9 Å². The van der Waals surface area contributed by atoms with Gasteiger partial charge in [-0.2, -0.15) is 4.98 Å². The van der Waals surface area contributed by atoms with Crippen molar-refractivity contribution in [2.75, 3.05) is 29.0 Å². The van der Waals surface area contributed by atoms with Crippen LogP contribution in [-0.2, 0) is 0 Å². The Morgan fingerprint density at radius 2 is 2.00 bits per heavy atom. The van der Waals surface area contributed by atoms with Gasteiger partial charge in [-0.3, -0.25) is 4.99 Å². The number of hydrogen-bond acceptors (Lipinski definition) is 7. The van der Waals surface area contributed by atoms with E-state index in [9.17, 15) is 0 Å². The van der Waals surface area contributed by atoms with E-state index in [4.69, 9.17) is 12.2 Å². The Kier molecular flexibility index (Phi) is 6.40. The van der Waals surface area contributed by atoms with Gasteiger partial charge in [-0.1, -0.05) is 0 Å². The van der Waals surface area contributed by atoms with Gasteiger partial charge in [0.1, 0.15) is 5.82 Å². The summed E-state index contributed by atoms with van der Waals surface area (Å²) in [4.78, 5) is 13.1. The molecule has 1 aliphatic carbocycles. The molecular weight excluding hydrogens is 452 g/mol. The lowest BCUT2D eigenvalue weighted by atomic mass is 10.2. The molecule has 2 heterocycles. The first-order valence-electron chi connectivity index (χ1n) is 9.61. The minimum Gasteiger partial charge on any atom is -0.372 e. The zero-order valence-electron chi connectivity index (χ0n) is 15.8. The number of nitrogens with one attached hydrogen (secondary N) is 5. The van der Waals surface area contributed by atoms with Crippen LogP contribution in [0.15, 0.2) is 39.9 Å². The molecule has 0 amide bonds. The molecule has 0 radical (unpaired) electrons. The fourth-order valence-electron chi connectivity index (χ4n) is 2.83. The van der Waals surface area contributed by atoms with Gasteiger partial charge >= 0.3 is 0 Å². The number of benzene rings is 1. The van der Waals surface area contributed by atoms with Crippen LogP contribution < -0.4 is 26.6 Å². The summed E-state index contributed by atoms with van der Waals surface area (Å²) in [6.45, 7) is 1.62. The molecule has 4 rings (SSSR count). The summed E-state index contributed by atoms with van der Waals surface area (Å²) in [5.74, 6) is 1.29. The number of aliphatic imine (C=N–C) groups is 1. The van der Waals surface area contributed by atoms with Crippen molar-refractivity contribution in [3.8, 4) is 0 Å². The minimum absolute atomic E-state index is 0.389. The molecule has 152 valence electrons. The van der Waals surface area contributed by atoms with E-state index in [1.807, 2.05) is 24.3 Å². The van der Waals surface area contributed by atoms with Crippen molar-refractivity contribution >= 4 is 62.7 Å². The molecule has 10 heteroatoms. The Balaban J connectivity index is 1.30. The summed E-state index contributed by atoms with van der Waals surface area (Å²) in [5.41, 5.74) is 1.84. The average Bonchev–Trinajstić information content (AvgIpc) is 3.36. The van der Waals surface area contributed by atoms with E-state index >= 15 is 0 Å². The van der Waals surface area contributed by atoms with Crippen molar-refractivity contribution in [3.63, 3.8) is 0 Å². The molecule has 2 aliphatic rings. The quantitative estimate of drug-likeness (QED) is 0.372. The van der Waals surface area contributed by atoms with Gasteiger partial charge in [-0.25, -0.2) is 4.98 Å². The summed E-state index contributed by atoms with van der Waals surface area (Å²) in [6.07, 6.45) is 6.87. The van der Waals surface area contributed by atoms with E-state index < -0.39 is 0 Å². The van der Waals surface area contributed by atoms with E-state index in [1.54, 1.807) is 12.5 Å². The molecule has 0 spiro atoms. The lowest BCUT2D eigenvalue weighted by Gasteiger charge is -2.13. The summed E-state index contributed by atoms with van der Waals surface area (Å²) < 4.78 is 0.829. The van der Waals surface area contributed by atoms with Gasteiger partial charge in [0.15, 0.2) is 5.11 Å². The third kappa shape index (κ3) is 6.01. The molecule has 0 bridgehead atoms. The van der Waals surface area contributed by atoms with Crippen LogP contribution in [0.25, 0.3) is 0 Å². The van der Waals surface area contributed by atoms with Gasteiger partial charge < -0.3 is 26.6 Å². The second-order valence-electron chi connectivity index (χ2n) is 7.04. The van der Waals surface area contributed by atoms with Gasteiger partial charge in [0.05, 0.1) is 17.4 Å². The average molecular weight is 475 g/mol. The molecule has 2 aromatic rings. The number of halogens is 1. The van der Waals surface area contributed by atoms with Gasteiger partial charge in [0.25, 0.3) is 0 Å². The Labute approximate surface area is 183 Å².